The summed E-state index contributed by atoms with van der Waals surface area (Å²) in [5.41, 5.74) is 0. The summed E-state index contributed by atoms with van der Waals surface area (Å²) in [6, 6.07) is 5.91. The first kappa shape index (κ1) is 14.3. The maximum atomic E-state index is 11.9. The van der Waals surface area contributed by atoms with Gasteiger partial charge in [0.05, 0.1) is 4.90 Å². The van der Waals surface area contributed by atoms with Gasteiger partial charge in [0, 0.05) is 24.0 Å². The first-order valence-corrected chi connectivity index (χ1v) is 7.88. The highest BCUT2D eigenvalue weighted by Gasteiger charge is 2.29. The number of hydrogen-bond donors (Lipinski definition) is 2. The van der Waals surface area contributed by atoms with Gasteiger partial charge in [-0.3, -0.25) is 4.79 Å². The van der Waals surface area contributed by atoms with Gasteiger partial charge in [0.1, 0.15) is 0 Å². The molecule has 1 aromatic rings. The zero-order valence-electron chi connectivity index (χ0n) is 10.2. The quantitative estimate of drug-likeness (QED) is 0.774. The van der Waals surface area contributed by atoms with E-state index in [4.69, 9.17) is 11.6 Å². The molecule has 1 saturated carbocycles. The predicted octanol–water partition coefficient (Wildman–Crippen LogP) is 1.14. The van der Waals surface area contributed by atoms with Gasteiger partial charge in [0.25, 0.3) is 0 Å². The minimum atomic E-state index is -3.54. The van der Waals surface area contributed by atoms with Crippen molar-refractivity contribution in [2.75, 3.05) is 13.1 Å². The summed E-state index contributed by atoms with van der Waals surface area (Å²) in [7, 11) is -3.54. The van der Waals surface area contributed by atoms with Crippen LogP contribution in [0, 0.1) is 5.92 Å². The van der Waals surface area contributed by atoms with Gasteiger partial charge in [0.15, 0.2) is 0 Å². The second-order valence-electron chi connectivity index (χ2n) is 4.42. The van der Waals surface area contributed by atoms with Crippen molar-refractivity contribution in [3.8, 4) is 0 Å². The molecule has 0 bridgehead atoms. The highest BCUT2D eigenvalue weighted by Crippen LogP contribution is 2.28. The summed E-state index contributed by atoms with van der Waals surface area (Å²) in [6.45, 7) is 0.464. The number of carbonyl (C=O) groups excluding carboxylic acids is 1. The first-order valence-electron chi connectivity index (χ1n) is 6.02. The van der Waals surface area contributed by atoms with Crippen LogP contribution in [0.2, 0.25) is 5.02 Å². The molecule has 0 spiro atoms. The van der Waals surface area contributed by atoms with Gasteiger partial charge < -0.3 is 5.32 Å². The highest BCUT2D eigenvalue weighted by molar-refractivity contribution is 7.89. The Labute approximate surface area is 117 Å². The standard InChI is InChI=1S/C12H15ClN2O3S/c13-10-3-5-11(6-4-10)19(17,18)15-8-7-14-12(16)9-1-2-9/h3-6,9,15H,1-2,7-8H2,(H,14,16). The number of nitrogens with one attached hydrogen (secondary N) is 2. The minimum absolute atomic E-state index is 0.00527. The van der Waals surface area contributed by atoms with E-state index in [1.807, 2.05) is 0 Å². The molecule has 104 valence electrons. The molecule has 0 atom stereocenters. The lowest BCUT2D eigenvalue weighted by Crippen LogP contribution is -2.35. The lowest BCUT2D eigenvalue weighted by atomic mass is 10.4. The van der Waals surface area contributed by atoms with Crippen LogP contribution in [0.3, 0.4) is 0 Å². The third kappa shape index (κ3) is 4.19. The van der Waals surface area contributed by atoms with Crippen LogP contribution < -0.4 is 10.0 Å². The minimum Gasteiger partial charge on any atom is -0.355 e. The molecule has 2 N–H and O–H groups in total. The lowest BCUT2D eigenvalue weighted by molar-refractivity contribution is -0.122. The van der Waals surface area contributed by atoms with E-state index in [2.05, 4.69) is 10.0 Å². The van der Waals surface area contributed by atoms with Crippen molar-refractivity contribution in [1.82, 2.24) is 10.0 Å². The van der Waals surface area contributed by atoms with Crippen LogP contribution in [-0.2, 0) is 14.8 Å². The maximum absolute atomic E-state index is 11.9. The molecular formula is C12H15ClN2O3S. The van der Waals surface area contributed by atoms with Crippen molar-refractivity contribution in [3.63, 3.8) is 0 Å². The Morgan fingerprint density at radius 3 is 2.42 bits per heavy atom. The van der Waals surface area contributed by atoms with Crippen molar-refractivity contribution >= 4 is 27.5 Å². The highest BCUT2D eigenvalue weighted by atomic mass is 35.5. The molecule has 0 saturated heterocycles. The van der Waals surface area contributed by atoms with E-state index < -0.39 is 10.0 Å². The monoisotopic (exact) mass is 302 g/mol. The molecular weight excluding hydrogens is 288 g/mol. The maximum Gasteiger partial charge on any atom is 0.240 e. The number of carbonyl (C=O) groups is 1. The fraction of sp³-hybridized carbons (Fsp3) is 0.417. The molecule has 1 amide bonds. The normalized spacial score (nSPS) is 15.2. The lowest BCUT2D eigenvalue weighted by Gasteiger charge is -2.07. The topological polar surface area (TPSA) is 75.3 Å². The smallest absolute Gasteiger partial charge is 0.240 e. The number of halogens is 1. The van der Waals surface area contributed by atoms with Crippen LogP contribution in [0.15, 0.2) is 29.2 Å². The zero-order valence-corrected chi connectivity index (χ0v) is 11.8. The summed E-state index contributed by atoms with van der Waals surface area (Å²) in [5.74, 6) is 0.138. The summed E-state index contributed by atoms with van der Waals surface area (Å²) in [6.07, 6.45) is 1.87. The number of rotatable bonds is 6. The zero-order chi connectivity index (χ0) is 13.9. The van der Waals surface area contributed by atoms with E-state index >= 15 is 0 Å². The van der Waals surface area contributed by atoms with Gasteiger partial charge in [0.2, 0.25) is 15.9 Å². The molecule has 2 rings (SSSR count). The fourth-order valence-electron chi connectivity index (χ4n) is 1.56. The SMILES string of the molecule is O=C(NCCNS(=O)(=O)c1ccc(Cl)cc1)C1CC1. The third-order valence-corrected chi connectivity index (χ3v) is 4.52. The predicted molar refractivity (Wildman–Crippen MR) is 72.4 cm³/mol. The molecule has 1 fully saturated rings. The van der Waals surface area contributed by atoms with Crippen molar-refractivity contribution in [3.05, 3.63) is 29.3 Å². The van der Waals surface area contributed by atoms with E-state index in [0.717, 1.165) is 12.8 Å². The Morgan fingerprint density at radius 2 is 1.84 bits per heavy atom. The van der Waals surface area contributed by atoms with E-state index in [1.54, 1.807) is 0 Å². The molecule has 0 unspecified atom stereocenters. The number of hydrogen-bond acceptors (Lipinski definition) is 3. The second-order valence-corrected chi connectivity index (χ2v) is 6.62. The molecule has 0 heterocycles. The van der Waals surface area contributed by atoms with Crippen LogP contribution in [0.5, 0.6) is 0 Å². The molecule has 0 aromatic heterocycles. The van der Waals surface area contributed by atoms with Crippen LogP contribution in [0.25, 0.3) is 0 Å². The Kier molecular flexibility index (Phi) is 4.44. The van der Waals surface area contributed by atoms with Crippen molar-refractivity contribution in [2.45, 2.75) is 17.7 Å². The van der Waals surface area contributed by atoms with Gasteiger partial charge in [-0.15, -0.1) is 0 Å². The van der Waals surface area contributed by atoms with E-state index in [-0.39, 0.29) is 23.3 Å². The number of benzene rings is 1. The number of amides is 1. The average molecular weight is 303 g/mol. The molecule has 5 nitrogen and oxygen atoms in total. The Balaban J connectivity index is 1.80. The molecule has 1 aliphatic rings. The van der Waals surface area contributed by atoms with E-state index in [1.165, 1.54) is 24.3 Å². The summed E-state index contributed by atoms with van der Waals surface area (Å²) < 4.78 is 26.2. The van der Waals surface area contributed by atoms with Gasteiger partial charge in [-0.05, 0) is 37.1 Å². The third-order valence-electron chi connectivity index (χ3n) is 2.79. The Hall–Kier alpha value is -1.11. The summed E-state index contributed by atoms with van der Waals surface area (Å²) in [5, 5.41) is 3.17. The van der Waals surface area contributed by atoms with E-state index in [9.17, 15) is 13.2 Å². The molecule has 1 aromatic carbocycles. The Morgan fingerprint density at radius 1 is 1.21 bits per heavy atom. The second kappa shape index (κ2) is 5.90. The van der Waals surface area contributed by atoms with Gasteiger partial charge >= 0.3 is 0 Å². The molecule has 19 heavy (non-hydrogen) atoms. The van der Waals surface area contributed by atoms with Crippen LogP contribution in [0.4, 0.5) is 0 Å². The summed E-state index contributed by atoms with van der Waals surface area (Å²) >= 11 is 5.70. The molecule has 1 aliphatic carbocycles. The fourth-order valence-corrected chi connectivity index (χ4v) is 2.72. The van der Waals surface area contributed by atoms with Crippen LogP contribution in [-0.4, -0.2) is 27.4 Å². The molecule has 7 heteroatoms. The first-order chi connectivity index (χ1) is 8.99. The van der Waals surface area contributed by atoms with Crippen molar-refractivity contribution < 1.29 is 13.2 Å². The Bertz CT molecular complexity index is 553. The molecule has 0 radical (unpaired) electrons. The van der Waals surface area contributed by atoms with Crippen molar-refractivity contribution in [1.29, 1.82) is 0 Å². The largest absolute Gasteiger partial charge is 0.355 e. The van der Waals surface area contributed by atoms with Crippen LogP contribution >= 0.6 is 11.6 Å². The van der Waals surface area contributed by atoms with Gasteiger partial charge in [-0.1, -0.05) is 11.6 Å². The summed E-state index contributed by atoms with van der Waals surface area (Å²) in [4.78, 5) is 11.5. The van der Waals surface area contributed by atoms with Gasteiger partial charge in [-0.25, -0.2) is 13.1 Å². The van der Waals surface area contributed by atoms with Gasteiger partial charge in [-0.2, -0.15) is 0 Å². The molecule has 0 aliphatic heterocycles. The van der Waals surface area contributed by atoms with Crippen molar-refractivity contribution in [2.24, 2.45) is 5.92 Å². The van der Waals surface area contributed by atoms with Crippen LogP contribution in [0.1, 0.15) is 12.8 Å². The number of sulfonamides is 1. The average Bonchev–Trinajstić information content (AvgIpc) is 3.19. The van der Waals surface area contributed by atoms with E-state index in [0.29, 0.717) is 11.6 Å².